The van der Waals surface area contributed by atoms with E-state index in [1.54, 1.807) is 0 Å². The summed E-state index contributed by atoms with van der Waals surface area (Å²) >= 11 is 0. The Hall–Kier alpha value is -0.260. The van der Waals surface area contributed by atoms with Crippen molar-refractivity contribution in [2.24, 2.45) is 5.92 Å². The molecule has 0 aliphatic heterocycles. The average molecular weight is 335 g/mol. The second-order valence-corrected chi connectivity index (χ2v) is 8.21. The van der Waals surface area contributed by atoms with E-state index in [0.29, 0.717) is 0 Å². The minimum Gasteiger partial charge on any atom is -0.0883 e. The summed E-state index contributed by atoms with van der Waals surface area (Å²) in [6, 6.07) is 0. The van der Waals surface area contributed by atoms with Crippen LogP contribution in [0.1, 0.15) is 135 Å². The molecule has 1 rings (SSSR count). The first-order chi connectivity index (χ1) is 11.9. The van der Waals surface area contributed by atoms with Gasteiger partial charge in [-0.15, -0.1) is 0 Å². The predicted octanol–water partition coefficient (Wildman–Crippen LogP) is 8.99. The fraction of sp³-hybridized carbons (Fsp3) is 0.917. The van der Waals surface area contributed by atoms with E-state index >= 15 is 0 Å². The summed E-state index contributed by atoms with van der Waals surface area (Å²) in [6.07, 6.45) is 34.1. The van der Waals surface area contributed by atoms with Crippen LogP contribution in [0.2, 0.25) is 0 Å². The van der Waals surface area contributed by atoms with E-state index in [1.807, 2.05) is 0 Å². The number of hydrogen-bond donors (Lipinski definition) is 0. The molecular formula is C24H46. The number of unbranched alkanes of at least 4 members (excludes halogenated alkanes) is 14. The fourth-order valence-electron chi connectivity index (χ4n) is 4.07. The second-order valence-electron chi connectivity index (χ2n) is 8.21. The minimum absolute atomic E-state index is 0.922. The molecule has 1 aliphatic carbocycles. The van der Waals surface area contributed by atoms with Crippen LogP contribution in [0.4, 0.5) is 0 Å². The van der Waals surface area contributed by atoms with Crippen molar-refractivity contribution in [2.45, 2.75) is 135 Å². The smallest absolute Gasteiger partial charge is 0.0234 e. The molecular weight excluding hydrogens is 288 g/mol. The molecule has 1 fully saturated rings. The summed E-state index contributed by atoms with van der Waals surface area (Å²) in [7, 11) is 0. The van der Waals surface area contributed by atoms with Gasteiger partial charge in [0.1, 0.15) is 0 Å². The summed E-state index contributed by atoms with van der Waals surface area (Å²) in [5.74, 6) is 0.922. The topological polar surface area (TPSA) is 0 Å². The van der Waals surface area contributed by atoms with Crippen molar-refractivity contribution in [3.05, 3.63) is 12.2 Å². The molecule has 0 bridgehead atoms. The number of allylic oxidation sites excluding steroid dienone is 2. The summed E-state index contributed by atoms with van der Waals surface area (Å²) in [5.41, 5.74) is 0. The molecule has 0 heterocycles. The third-order valence-electron chi connectivity index (χ3n) is 5.78. The highest BCUT2D eigenvalue weighted by molar-refractivity contribution is 4.89. The van der Waals surface area contributed by atoms with Crippen LogP contribution >= 0.6 is 0 Å². The van der Waals surface area contributed by atoms with Crippen LogP contribution in [-0.2, 0) is 0 Å². The van der Waals surface area contributed by atoms with Gasteiger partial charge in [-0.2, -0.15) is 0 Å². The van der Waals surface area contributed by atoms with Crippen LogP contribution in [0.15, 0.2) is 12.2 Å². The lowest BCUT2D eigenvalue weighted by Gasteiger charge is -2.17. The van der Waals surface area contributed by atoms with Gasteiger partial charge in [0.15, 0.2) is 0 Å². The highest BCUT2D eigenvalue weighted by atomic mass is 14.1. The Bertz CT molecular complexity index is 259. The van der Waals surface area contributed by atoms with Crippen LogP contribution in [0.5, 0.6) is 0 Å². The van der Waals surface area contributed by atoms with Crippen LogP contribution in [-0.4, -0.2) is 0 Å². The Morgan fingerprint density at radius 1 is 0.583 bits per heavy atom. The van der Waals surface area contributed by atoms with E-state index in [2.05, 4.69) is 19.1 Å². The van der Waals surface area contributed by atoms with E-state index in [1.165, 1.54) is 128 Å². The number of rotatable bonds is 16. The summed E-state index contributed by atoms with van der Waals surface area (Å²) in [4.78, 5) is 0. The van der Waals surface area contributed by atoms with E-state index in [4.69, 9.17) is 0 Å². The highest BCUT2D eigenvalue weighted by Gasteiger charge is 2.09. The fourth-order valence-corrected chi connectivity index (χ4v) is 4.07. The molecule has 0 aromatic rings. The third-order valence-corrected chi connectivity index (χ3v) is 5.78. The summed E-state index contributed by atoms with van der Waals surface area (Å²) < 4.78 is 0. The van der Waals surface area contributed by atoms with E-state index in [9.17, 15) is 0 Å². The molecule has 0 saturated heterocycles. The Kier molecular flexibility index (Phi) is 15.9. The van der Waals surface area contributed by atoms with Gasteiger partial charge in [0.2, 0.25) is 0 Å². The van der Waals surface area contributed by atoms with Crippen molar-refractivity contribution in [1.29, 1.82) is 0 Å². The molecule has 0 amide bonds. The molecule has 0 atom stereocenters. The molecule has 0 spiro atoms. The summed E-state index contributed by atoms with van der Waals surface area (Å²) in [6.45, 7) is 2.30. The predicted molar refractivity (Wildman–Crippen MR) is 111 cm³/mol. The van der Waals surface area contributed by atoms with Gasteiger partial charge in [-0.25, -0.2) is 0 Å². The molecule has 0 nitrogen and oxygen atoms in total. The van der Waals surface area contributed by atoms with Crippen molar-refractivity contribution < 1.29 is 0 Å². The molecule has 0 aromatic carbocycles. The molecule has 1 aliphatic rings. The lowest BCUT2D eigenvalue weighted by Crippen LogP contribution is -2.02. The van der Waals surface area contributed by atoms with Crippen molar-refractivity contribution in [3.8, 4) is 0 Å². The lowest BCUT2D eigenvalue weighted by molar-refractivity contribution is 0.418. The maximum atomic E-state index is 2.53. The standard InChI is InChI=1S/C24H46/c1-2-3-4-5-6-7-8-9-10-11-12-13-14-15-16-18-21-24-22-19-17-20-23-24/h18,21,24H,2-17,19-20,22-23H2,1H3. The average Bonchev–Trinajstić information content (AvgIpc) is 2.62. The lowest BCUT2D eigenvalue weighted by atomic mass is 9.89. The van der Waals surface area contributed by atoms with Crippen LogP contribution in [0.3, 0.4) is 0 Å². The van der Waals surface area contributed by atoms with Gasteiger partial charge in [0.05, 0.1) is 0 Å². The van der Waals surface area contributed by atoms with Gasteiger partial charge in [-0.1, -0.05) is 122 Å². The Balaban J connectivity index is 1.71. The zero-order valence-corrected chi connectivity index (χ0v) is 16.9. The Morgan fingerprint density at radius 3 is 1.54 bits per heavy atom. The number of hydrogen-bond acceptors (Lipinski definition) is 0. The van der Waals surface area contributed by atoms with Crippen LogP contribution in [0, 0.1) is 5.92 Å². The van der Waals surface area contributed by atoms with Crippen molar-refractivity contribution in [2.75, 3.05) is 0 Å². The van der Waals surface area contributed by atoms with Crippen molar-refractivity contribution in [1.82, 2.24) is 0 Å². The van der Waals surface area contributed by atoms with Crippen molar-refractivity contribution >= 4 is 0 Å². The van der Waals surface area contributed by atoms with Crippen LogP contribution < -0.4 is 0 Å². The maximum absolute atomic E-state index is 2.53. The first-order valence-electron chi connectivity index (χ1n) is 11.6. The molecule has 0 unspecified atom stereocenters. The van der Waals surface area contributed by atoms with E-state index in [-0.39, 0.29) is 0 Å². The third kappa shape index (κ3) is 14.1. The molecule has 0 heteroatoms. The van der Waals surface area contributed by atoms with E-state index in [0.717, 1.165) is 5.92 Å². The van der Waals surface area contributed by atoms with Gasteiger partial charge in [0, 0.05) is 0 Å². The minimum atomic E-state index is 0.922. The molecule has 0 aromatic heterocycles. The molecule has 142 valence electrons. The van der Waals surface area contributed by atoms with Crippen LogP contribution in [0.25, 0.3) is 0 Å². The van der Waals surface area contributed by atoms with Crippen molar-refractivity contribution in [3.63, 3.8) is 0 Å². The quantitative estimate of drug-likeness (QED) is 0.195. The highest BCUT2D eigenvalue weighted by Crippen LogP contribution is 2.24. The van der Waals surface area contributed by atoms with Gasteiger partial charge in [-0.3, -0.25) is 0 Å². The first-order valence-corrected chi connectivity index (χ1v) is 11.6. The van der Waals surface area contributed by atoms with Gasteiger partial charge in [0.25, 0.3) is 0 Å². The molecule has 24 heavy (non-hydrogen) atoms. The maximum Gasteiger partial charge on any atom is -0.0234 e. The Morgan fingerprint density at radius 2 is 1.04 bits per heavy atom. The van der Waals surface area contributed by atoms with Gasteiger partial charge >= 0.3 is 0 Å². The Labute approximate surface area is 153 Å². The summed E-state index contributed by atoms with van der Waals surface area (Å²) in [5, 5.41) is 0. The molecule has 0 radical (unpaired) electrons. The first kappa shape index (κ1) is 21.8. The zero-order valence-electron chi connectivity index (χ0n) is 16.9. The molecule has 1 saturated carbocycles. The SMILES string of the molecule is CCCCCCCCCCCCCCCCC=CC1CCCCC1. The molecule has 0 N–H and O–H groups in total. The van der Waals surface area contributed by atoms with Gasteiger partial charge < -0.3 is 0 Å². The zero-order chi connectivity index (χ0) is 17.1. The van der Waals surface area contributed by atoms with E-state index < -0.39 is 0 Å². The monoisotopic (exact) mass is 334 g/mol. The largest absolute Gasteiger partial charge is 0.0883 e. The second kappa shape index (κ2) is 17.6. The normalized spacial score (nSPS) is 16.2. The van der Waals surface area contributed by atoms with Gasteiger partial charge in [-0.05, 0) is 31.6 Å².